The van der Waals surface area contributed by atoms with Crippen molar-refractivity contribution in [2.24, 2.45) is 0 Å². The molecule has 0 bridgehead atoms. The molecule has 25 heavy (non-hydrogen) atoms. The van der Waals surface area contributed by atoms with E-state index < -0.39 is 24.5 Å². The first-order chi connectivity index (χ1) is 12.0. The average Bonchev–Trinajstić information content (AvgIpc) is 3.00. The molecule has 134 valence electrons. The number of imide groups is 1. The Kier molecular flexibility index (Phi) is 6.88. The first-order valence-electron chi connectivity index (χ1n) is 8.08. The van der Waals surface area contributed by atoms with E-state index in [1.807, 2.05) is 38.1 Å². The number of ether oxygens (including phenoxy) is 1. The van der Waals surface area contributed by atoms with E-state index in [1.165, 1.54) is 11.3 Å². The number of aromatic nitrogens is 1. The van der Waals surface area contributed by atoms with Crippen molar-refractivity contribution < 1.29 is 19.1 Å². The summed E-state index contributed by atoms with van der Waals surface area (Å²) in [5.74, 6) is -1.16. The van der Waals surface area contributed by atoms with Crippen LogP contribution in [0.4, 0.5) is 4.79 Å². The number of nitrogens with one attached hydrogen (secondary N) is 2. The van der Waals surface area contributed by atoms with Crippen molar-refractivity contribution in [2.45, 2.75) is 39.2 Å². The Hall–Kier alpha value is -2.48. The van der Waals surface area contributed by atoms with E-state index >= 15 is 0 Å². The fraction of sp³-hybridized carbons (Fsp3) is 0.412. The summed E-state index contributed by atoms with van der Waals surface area (Å²) in [5, 5.41) is 5.55. The van der Waals surface area contributed by atoms with Crippen LogP contribution >= 0.6 is 11.3 Å². The molecule has 0 unspecified atom stereocenters. The van der Waals surface area contributed by atoms with Crippen LogP contribution in [0.5, 0.6) is 0 Å². The summed E-state index contributed by atoms with van der Waals surface area (Å²) >= 11 is 1.53. The second-order valence-corrected chi connectivity index (χ2v) is 6.68. The second-order valence-electron chi connectivity index (χ2n) is 5.57. The molecule has 1 atom stereocenters. The Morgan fingerprint density at radius 2 is 2.04 bits per heavy atom. The van der Waals surface area contributed by atoms with Crippen LogP contribution in [0.3, 0.4) is 0 Å². The van der Waals surface area contributed by atoms with E-state index in [1.54, 1.807) is 0 Å². The Balaban J connectivity index is 1.69. The highest BCUT2D eigenvalue weighted by molar-refractivity contribution is 7.18. The van der Waals surface area contributed by atoms with Crippen molar-refractivity contribution in [1.29, 1.82) is 0 Å². The number of carbonyl (C=O) groups excluding carboxylic acids is 3. The van der Waals surface area contributed by atoms with Gasteiger partial charge in [-0.3, -0.25) is 14.9 Å². The molecule has 0 saturated carbocycles. The highest BCUT2D eigenvalue weighted by Gasteiger charge is 2.13. The molecule has 2 N–H and O–H groups in total. The van der Waals surface area contributed by atoms with Gasteiger partial charge in [0.1, 0.15) is 0 Å². The minimum absolute atomic E-state index is 0.0378. The van der Waals surface area contributed by atoms with E-state index in [9.17, 15) is 14.4 Å². The summed E-state index contributed by atoms with van der Waals surface area (Å²) in [5.41, 5.74) is 0.905. The maximum Gasteiger partial charge on any atom is 0.321 e. The number of hydrogen-bond acceptors (Lipinski definition) is 6. The monoisotopic (exact) mass is 363 g/mol. The lowest BCUT2D eigenvalue weighted by Gasteiger charge is -2.11. The topological polar surface area (TPSA) is 97.4 Å². The maximum atomic E-state index is 11.7. The lowest BCUT2D eigenvalue weighted by Crippen LogP contribution is -2.44. The van der Waals surface area contributed by atoms with E-state index in [0.717, 1.165) is 21.6 Å². The Morgan fingerprint density at radius 3 is 2.76 bits per heavy atom. The predicted octanol–water partition coefficient (Wildman–Crippen LogP) is 2.40. The summed E-state index contributed by atoms with van der Waals surface area (Å²) < 4.78 is 5.94. The van der Waals surface area contributed by atoms with Crippen LogP contribution in [-0.4, -0.2) is 35.5 Å². The molecule has 0 fully saturated rings. The zero-order valence-corrected chi connectivity index (χ0v) is 15.0. The fourth-order valence-corrected chi connectivity index (χ4v) is 2.95. The van der Waals surface area contributed by atoms with Crippen LogP contribution in [0.25, 0.3) is 10.2 Å². The van der Waals surface area contributed by atoms with Crippen LogP contribution in [0.1, 0.15) is 31.7 Å². The summed E-state index contributed by atoms with van der Waals surface area (Å²) in [4.78, 5) is 39.2. The molecule has 0 radical (unpaired) electrons. The number of urea groups is 1. The molecule has 8 heteroatoms. The third-order valence-corrected chi connectivity index (χ3v) is 4.58. The Bertz CT molecular complexity index is 726. The molecule has 0 aliphatic heterocycles. The normalized spacial score (nSPS) is 11.8. The van der Waals surface area contributed by atoms with Gasteiger partial charge in [-0.15, -0.1) is 11.3 Å². The van der Waals surface area contributed by atoms with Crippen molar-refractivity contribution >= 4 is 39.5 Å². The summed E-state index contributed by atoms with van der Waals surface area (Å²) in [6.45, 7) is 3.26. The van der Waals surface area contributed by atoms with Gasteiger partial charge in [-0.25, -0.2) is 9.78 Å². The van der Waals surface area contributed by atoms with Gasteiger partial charge in [0, 0.05) is 12.5 Å². The zero-order chi connectivity index (χ0) is 18.2. The first kappa shape index (κ1) is 18.9. The van der Waals surface area contributed by atoms with E-state index in [-0.39, 0.29) is 12.5 Å². The van der Waals surface area contributed by atoms with Crippen LogP contribution in [0, 0.1) is 0 Å². The zero-order valence-electron chi connectivity index (χ0n) is 14.2. The van der Waals surface area contributed by atoms with E-state index in [2.05, 4.69) is 15.6 Å². The number of rotatable bonds is 7. The quantitative estimate of drug-likeness (QED) is 0.736. The number of nitrogens with zero attached hydrogens (tertiary/aromatic N) is 1. The number of esters is 1. The number of aryl methyl sites for hydroxylation is 1. The average molecular weight is 363 g/mol. The number of amides is 3. The van der Waals surface area contributed by atoms with Gasteiger partial charge in [0.2, 0.25) is 0 Å². The van der Waals surface area contributed by atoms with Crippen LogP contribution in [-0.2, 0) is 20.7 Å². The fourth-order valence-electron chi connectivity index (χ4n) is 1.98. The van der Waals surface area contributed by atoms with Gasteiger partial charge in [-0.1, -0.05) is 19.1 Å². The molecule has 2 aromatic rings. The van der Waals surface area contributed by atoms with Gasteiger partial charge >= 0.3 is 12.0 Å². The van der Waals surface area contributed by atoms with Crippen molar-refractivity contribution in [1.82, 2.24) is 15.6 Å². The van der Waals surface area contributed by atoms with Crippen LogP contribution in [0.15, 0.2) is 24.3 Å². The van der Waals surface area contributed by atoms with Crippen molar-refractivity contribution in [3.63, 3.8) is 0 Å². The standard InChI is InChI=1S/C17H21N3O4S/c1-3-11(2)18-17(23)20-14(21)10-24-16(22)9-8-15-19-12-6-4-5-7-13(12)25-15/h4-7,11H,3,8-10H2,1-2H3,(H2,18,20,21,23)/t11-/m1/s1. The molecule has 2 rings (SSSR count). The van der Waals surface area contributed by atoms with Gasteiger partial charge in [0.25, 0.3) is 5.91 Å². The van der Waals surface area contributed by atoms with E-state index in [4.69, 9.17) is 4.74 Å². The maximum absolute atomic E-state index is 11.7. The third kappa shape index (κ3) is 6.15. The number of hydrogen-bond donors (Lipinski definition) is 2. The van der Waals surface area contributed by atoms with Crippen molar-refractivity contribution in [3.8, 4) is 0 Å². The Labute approximate surface area is 149 Å². The molecule has 1 heterocycles. The summed E-state index contributed by atoms with van der Waals surface area (Å²) in [6, 6.07) is 7.12. The van der Waals surface area contributed by atoms with Crippen molar-refractivity contribution in [2.75, 3.05) is 6.61 Å². The predicted molar refractivity (Wildman–Crippen MR) is 95.3 cm³/mol. The first-order valence-corrected chi connectivity index (χ1v) is 8.90. The molecule has 0 spiro atoms. The van der Waals surface area contributed by atoms with Crippen LogP contribution in [0.2, 0.25) is 0 Å². The third-order valence-electron chi connectivity index (χ3n) is 3.49. The number of fused-ring (bicyclic) bond motifs is 1. The number of benzene rings is 1. The minimum atomic E-state index is -0.658. The lowest BCUT2D eigenvalue weighted by atomic mass is 10.3. The number of para-hydroxylation sites is 1. The molecule has 7 nitrogen and oxygen atoms in total. The molecule has 0 aliphatic rings. The lowest BCUT2D eigenvalue weighted by molar-refractivity contribution is -0.148. The largest absolute Gasteiger partial charge is 0.456 e. The number of thiazole rings is 1. The summed E-state index contributed by atoms with van der Waals surface area (Å²) in [7, 11) is 0. The van der Waals surface area contributed by atoms with Gasteiger partial charge in [0.05, 0.1) is 21.6 Å². The van der Waals surface area contributed by atoms with Crippen LogP contribution < -0.4 is 10.6 Å². The molecular formula is C17H21N3O4S. The van der Waals surface area contributed by atoms with Gasteiger partial charge in [-0.2, -0.15) is 0 Å². The minimum Gasteiger partial charge on any atom is -0.456 e. The molecule has 0 saturated heterocycles. The SMILES string of the molecule is CC[C@@H](C)NC(=O)NC(=O)COC(=O)CCc1nc2ccccc2s1. The summed E-state index contributed by atoms with van der Waals surface area (Å²) in [6.07, 6.45) is 1.34. The van der Waals surface area contributed by atoms with Gasteiger partial charge in [0.15, 0.2) is 6.61 Å². The molecule has 3 amide bonds. The molecular weight excluding hydrogens is 342 g/mol. The molecule has 1 aromatic carbocycles. The van der Waals surface area contributed by atoms with Gasteiger partial charge < -0.3 is 10.1 Å². The second kappa shape index (κ2) is 9.12. The molecule has 0 aliphatic carbocycles. The van der Waals surface area contributed by atoms with E-state index in [0.29, 0.717) is 6.42 Å². The number of carbonyl (C=O) groups is 3. The highest BCUT2D eigenvalue weighted by atomic mass is 32.1. The van der Waals surface area contributed by atoms with Crippen molar-refractivity contribution in [3.05, 3.63) is 29.3 Å². The highest BCUT2D eigenvalue weighted by Crippen LogP contribution is 2.22. The Morgan fingerprint density at radius 1 is 1.28 bits per heavy atom. The molecule has 1 aromatic heterocycles. The van der Waals surface area contributed by atoms with Gasteiger partial charge in [-0.05, 0) is 25.5 Å². The smallest absolute Gasteiger partial charge is 0.321 e.